The molecule has 10 nitrogen and oxygen atoms in total. The maximum atomic E-state index is 12.6. The molecule has 10 heteroatoms. The predicted molar refractivity (Wildman–Crippen MR) is 133 cm³/mol. The number of rotatable bonds is 4. The molecule has 3 aromatic heterocycles. The standard InChI is InChI=1S/C26H30N6O4/c1-16(17-8-6-5-7-9-17)22-29-24(36-30-22)19-15-27-32-20(14-21(33)28-23(19)32)18-10-12-31(13-11-18)25(34)35-26(2,3)4/h5-9,14-16,18H,10-13H2,1-4H3,(H,28,33). The van der Waals surface area contributed by atoms with E-state index in [1.807, 2.05) is 58.0 Å². The number of nitrogens with one attached hydrogen (secondary N) is 1. The number of ether oxygens (including phenoxy) is 1. The summed E-state index contributed by atoms with van der Waals surface area (Å²) in [5.41, 5.74) is 2.19. The summed E-state index contributed by atoms with van der Waals surface area (Å²) in [6, 6.07) is 11.5. The van der Waals surface area contributed by atoms with Gasteiger partial charge in [-0.2, -0.15) is 10.1 Å². The average molecular weight is 491 g/mol. The number of H-pyrrole nitrogens is 1. The fourth-order valence-electron chi connectivity index (χ4n) is 4.56. The molecule has 1 aliphatic heterocycles. The lowest BCUT2D eigenvalue weighted by Gasteiger charge is -2.33. The van der Waals surface area contributed by atoms with Crippen LogP contribution in [0.2, 0.25) is 0 Å². The number of carbonyl (C=O) groups is 1. The van der Waals surface area contributed by atoms with Crippen LogP contribution in [-0.2, 0) is 4.74 Å². The molecular weight excluding hydrogens is 460 g/mol. The van der Waals surface area contributed by atoms with Crippen LogP contribution >= 0.6 is 0 Å². The van der Waals surface area contributed by atoms with Crippen molar-refractivity contribution in [3.05, 3.63) is 70.0 Å². The lowest BCUT2D eigenvalue weighted by atomic mass is 9.93. The molecule has 1 unspecified atom stereocenters. The number of aromatic nitrogens is 5. The molecular formula is C26H30N6O4. The summed E-state index contributed by atoms with van der Waals surface area (Å²) >= 11 is 0. The molecule has 5 rings (SSSR count). The number of piperidine rings is 1. The first-order valence-electron chi connectivity index (χ1n) is 12.2. The summed E-state index contributed by atoms with van der Waals surface area (Å²) in [6.07, 6.45) is 2.73. The van der Waals surface area contributed by atoms with Gasteiger partial charge in [0, 0.05) is 31.0 Å². The zero-order valence-corrected chi connectivity index (χ0v) is 20.9. The third-order valence-corrected chi connectivity index (χ3v) is 6.46. The van der Waals surface area contributed by atoms with E-state index < -0.39 is 5.60 Å². The van der Waals surface area contributed by atoms with E-state index in [0.717, 1.165) is 11.3 Å². The summed E-state index contributed by atoms with van der Waals surface area (Å²) in [6.45, 7) is 8.68. The number of benzene rings is 1. The number of hydrogen-bond acceptors (Lipinski definition) is 7. The first-order valence-corrected chi connectivity index (χ1v) is 12.2. The Bertz CT molecular complexity index is 1420. The highest BCUT2D eigenvalue weighted by Crippen LogP contribution is 2.31. The number of nitrogens with zero attached hydrogens (tertiary/aromatic N) is 5. The molecule has 1 atom stereocenters. The molecule has 0 aliphatic carbocycles. The number of amides is 1. The summed E-state index contributed by atoms with van der Waals surface area (Å²) < 4.78 is 12.8. The zero-order valence-electron chi connectivity index (χ0n) is 20.9. The molecule has 0 radical (unpaired) electrons. The predicted octanol–water partition coefficient (Wildman–Crippen LogP) is 4.34. The van der Waals surface area contributed by atoms with E-state index >= 15 is 0 Å². The minimum atomic E-state index is -0.536. The van der Waals surface area contributed by atoms with Crippen LogP contribution in [0.15, 0.2) is 51.9 Å². The molecule has 0 spiro atoms. The molecule has 1 fully saturated rings. The van der Waals surface area contributed by atoms with Crippen LogP contribution in [0.1, 0.15) is 69.5 Å². The Labute approximate surface area is 208 Å². The van der Waals surface area contributed by atoms with Gasteiger partial charge in [-0.05, 0) is 39.2 Å². The Balaban J connectivity index is 1.39. The molecule has 0 bridgehead atoms. The van der Waals surface area contributed by atoms with Crippen molar-refractivity contribution in [1.29, 1.82) is 0 Å². The van der Waals surface area contributed by atoms with E-state index in [-0.39, 0.29) is 23.5 Å². The quantitative estimate of drug-likeness (QED) is 0.452. The molecule has 4 aromatic rings. The summed E-state index contributed by atoms with van der Waals surface area (Å²) in [7, 11) is 0. The monoisotopic (exact) mass is 490 g/mol. The largest absolute Gasteiger partial charge is 0.444 e. The van der Waals surface area contributed by atoms with Crippen molar-refractivity contribution in [1.82, 2.24) is 29.6 Å². The van der Waals surface area contributed by atoms with Gasteiger partial charge in [-0.3, -0.25) is 4.79 Å². The third-order valence-electron chi connectivity index (χ3n) is 6.46. The van der Waals surface area contributed by atoms with E-state index in [2.05, 4.69) is 20.2 Å². The van der Waals surface area contributed by atoms with Crippen molar-refractivity contribution < 1.29 is 14.1 Å². The second-order valence-electron chi connectivity index (χ2n) is 10.2. The van der Waals surface area contributed by atoms with Crippen molar-refractivity contribution >= 4 is 11.7 Å². The van der Waals surface area contributed by atoms with Crippen molar-refractivity contribution in [2.75, 3.05) is 13.1 Å². The van der Waals surface area contributed by atoms with Crippen LogP contribution in [0.4, 0.5) is 4.79 Å². The maximum absolute atomic E-state index is 12.6. The molecule has 1 aromatic carbocycles. The minimum absolute atomic E-state index is 0.0460. The summed E-state index contributed by atoms with van der Waals surface area (Å²) in [4.78, 5) is 34.2. The number of fused-ring (bicyclic) bond motifs is 1. The smallest absolute Gasteiger partial charge is 0.410 e. The van der Waals surface area contributed by atoms with E-state index in [4.69, 9.17) is 9.26 Å². The molecule has 36 heavy (non-hydrogen) atoms. The van der Waals surface area contributed by atoms with Crippen LogP contribution in [0.25, 0.3) is 17.1 Å². The average Bonchev–Trinajstić information content (AvgIpc) is 3.50. The van der Waals surface area contributed by atoms with Crippen molar-refractivity contribution in [3.63, 3.8) is 0 Å². The highest BCUT2D eigenvalue weighted by molar-refractivity contribution is 5.71. The normalized spacial score (nSPS) is 15.8. The Kier molecular flexibility index (Phi) is 6.11. The topological polar surface area (TPSA) is 119 Å². The van der Waals surface area contributed by atoms with Gasteiger partial charge in [0.1, 0.15) is 16.8 Å². The highest BCUT2D eigenvalue weighted by Gasteiger charge is 2.29. The Morgan fingerprint density at radius 2 is 1.92 bits per heavy atom. The number of likely N-dealkylation sites (tertiary alicyclic amines) is 1. The van der Waals surface area contributed by atoms with Crippen LogP contribution in [0.5, 0.6) is 0 Å². The third kappa shape index (κ3) is 4.75. The molecule has 1 N–H and O–H groups in total. The van der Waals surface area contributed by atoms with Crippen LogP contribution in [0, 0.1) is 0 Å². The number of hydrogen-bond donors (Lipinski definition) is 1. The molecule has 1 aliphatic rings. The Morgan fingerprint density at radius 1 is 1.19 bits per heavy atom. The van der Waals surface area contributed by atoms with Gasteiger partial charge in [0.2, 0.25) is 0 Å². The lowest BCUT2D eigenvalue weighted by molar-refractivity contribution is 0.0203. The summed E-state index contributed by atoms with van der Waals surface area (Å²) in [5.74, 6) is 0.881. The van der Waals surface area contributed by atoms with Crippen LogP contribution in [-0.4, -0.2) is 54.4 Å². The van der Waals surface area contributed by atoms with Crippen LogP contribution in [0.3, 0.4) is 0 Å². The van der Waals surface area contributed by atoms with Crippen molar-refractivity contribution in [2.45, 2.75) is 58.0 Å². The Hall–Kier alpha value is -3.95. The highest BCUT2D eigenvalue weighted by atomic mass is 16.6. The lowest BCUT2D eigenvalue weighted by Crippen LogP contribution is -2.41. The van der Waals surface area contributed by atoms with Crippen molar-refractivity contribution in [3.8, 4) is 11.5 Å². The molecule has 1 saturated heterocycles. The van der Waals surface area contributed by atoms with E-state index in [1.54, 1.807) is 21.7 Å². The second kappa shape index (κ2) is 9.25. The van der Waals surface area contributed by atoms with Crippen molar-refractivity contribution in [2.24, 2.45) is 0 Å². The van der Waals surface area contributed by atoms with Gasteiger partial charge in [0.05, 0.1) is 11.9 Å². The molecule has 4 heterocycles. The molecule has 0 saturated carbocycles. The zero-order chi connectivity index (χ0) is 25.4. The van der Waals surface area contributed by atoms with Gasteiger partial charge in [0.25, 0.3) is 11.4 Å². The fraction of sp³-hybridized carbons (Fsp3) is 0.423. The molecule has 188 valence electrons. The Morgan fingerprint density at radius 3 is 2.61 bits per heavy atom. The van der Waals surface area contributed by atoms with Gasteiger partial charge in [-0.15, -0.1) is 0 Å². The van der Waals surface area contributed by atoms with Gasteiger partial charge in [-0.25, -0.2) is 9.31 Å². The summed E-state index contributed by atoms with van der Waals surface area (Å²) in [5, 5.41) is 8.72. The fourth-order valence-corrected chi connectivity index (χ4v) is 4.56. The van der Waals surface area contributed by atoms with Gasteiger partial charge < -0.3 is 19.1 Å². The maximum Gasteiger partial charge on any atom is 0.410 e. The van der Waals surface area contributed by atoms with Crippen LogP contribution < -0.4 is 5.56 Å². The second-order valence-corrected chi connectivity index (χ2v) is 10.2. The van der Waals surface area contributed by atoms with E-state index in [0.29, 0.717) is 48.9 Å². The molecule has 1 amide bonds. The van der Waals surface area contributed by atoms with Gasteiger partial charge in [0.15, 0.2) is 5.82 Å². The first kappa shape index (κ1) is 23.8. The van der Waals surface area contributed by atoms with E-state index in [9.17, 15) is 9.59 Å². The van der Waals surface area contributed by atoms with E-state index in [1.165, 1.54) is 0 Å². The first-order chi connectivity index (χ1) is 17.2. The SMILES string of the molecule is CC(c1ccccc1)c1noc(-c2cnn3c(C4CCN(C(=O)OC(C)(C)C)CC4)cc(=O)[nH]c23)n1. The van der Waals surface area contributed by atoms with Gasteiger partial charge in [-0.1, -0.05) is 42.4 Å². The van der Waals surface area contributed by atoms with Gasteiger partial charge >= 0.3 is 6.09 Å². The minimum Gasteiger partial charge on any atom is -0.444 e. The number of carbonyl (C=O) groups excluding carboxylic acids is 1. The number of aromatic amines is 1.